The number of aromatic nitrogens is 2. The van der Waals surface area contributed by atoms with Gasteiger partial charge < -0.3 is 15.2 Å². The summed E-state index contributed by atoms with van der Waals surface area (Å²) in [5.41, 5.74) is 0.768. The molecule has 7 heteroatoms. The highest BCUT2D eigenvalue weighted by molar-refractivity contribution is 6.31. The number of amides is 2. The standard InChI is InChI=1S/C19H22ClFN4O/c20-16-10-14(21)3-4-15(16)19(5-6-19)12-24-18(26)25-9-1-2-13(11-25)17-22-7-8-23-17/h3-4,7-8,10,13H,1-2,5-6,9,11-12H2,(H,22,23)(H,24,26). The van der Waals surface area contributed by atoms with Crippen LogP contribution < -0.4 is 5.32 Å². The van der Waals surface area contributed by atoms with E-state index in [1.165, 1.54) is 12.1 Å². The Morgan fingerprint density at radius 3 is 3.00 bits per heavy atom. The summed E-state index contributed by atoms with van der Waals surface area (Å²) in [6, 6.07) is 4.47. The summed E-state index contributed by atoms with van der Waals surface area (Å²) in [6.45, 7) is 1.95. The number of imidazole rings is 1. The van der Waals surface area contributed by atoms with Gasteiger partial charge in [0.25, 0.3) is 0 Å². The Bertz CT molecular complexity index is 791. The first-order valence-corrected chi connectivity index (χ1v) is 9.43. The minimum absolute atomic E-state index is 0.0502. The maximum absolute atomic E-state index is 13.3. The smallest absolute Gasteiger partial charge is 0.317 e. The van der Waals surface area contributed by atoms with Gasteiger partial charge in [0.15, 0.2) is 0 Å². The first-order valence-electron chi connectivity index (χ1n) is 9.05. The third kappa shape index (κ3) is 3.43. The lowest BCUT2D eigenvalue weighted by atomic mass is 9.95. The third-order valence-corrected chi connectivity index (χ3v) is 5.86. The molecule has 1 aromatic carbocycles. The largest absolute Gasteiger partial charge is 0.348 e. The highest BCUT2D eigenvalue weighted by Gasteiger charge is 2.46. The fourth-order valence-electron chi connectivity index (χ4n) is 3.85. The Morgan fingerprint density at radius 1 is 1.46 bits per heavy atom. The van der Waals surface area contributed by atoms with Gasteiger partial charge in [-0.2, -0.15) is 0 Å². The summed E-state index contributed by atoms with van der Waals surface area (Å²) < 4.78 is 13.3. The molecule has 1 aromatic heterocycles. The van der Waals surface area contributed by atoms with Crippen molar-refractivity contribution >= 4 is 17.6 Å². The number of piperidine rings is 1. The molecule has 2 fully saturated rings. The van der Waals surface area contributed by atoms with Crippen LogP contribution in [0.25, 0.3) is 0 Å². The topological polar surface area (TPSA) is 61.0 Å². The van der Waals surface area contributed by atoms with E-state index < -0.39 is 0 Å². The van der Waals surface area contributed by atoms with Crippen LogP contribution in [-0.4, -0.2) is 40.5 Å². The van der Waals surface area contributed by atoms with Gasteiger partial charge in [0.2, 0.25) is 0 Å². The summed E-state index contributed by atoms with van der Waals surface area (Å²) in [5, 5.41) is 3.50. The lowest BCUT2D eigenvalue weighted by Crippen LogP contribution is -2.47. The van der Waals surface area contributed by atoms with Crippen LogP contribution in [0.4, 0.5) is 9.18 Å². The van der Waals surface area contributed by atoms with E-state index in [1.54, 1.807) is 12.3 Å². The molecule has 26 heavy (non-hydrogen) atoms. The molecule has 0 radical (unpaired) electrons. The fraction of sp³-hybridized carbons (Fsp3) is 0.474. The molecule has 1 saturated heterocycles. The number of hydrogen-bond acceptors (Lipinski definition) is 2. The molecule has 0 spiro atoms. The predicted molar refractivity (Wildman–Crippen MR) is 97.9 cm³/mol. The predicted octanol–water partition coefficient (Wildman–Crippen LogP) is 3.82. The molecule has 0 bridgehead atoms. The molecule has 5 nitrogen and oxygen atoms in total. The van der Waals surface area contributed by atoms with Crippen molar-refractivity contribution in [2.45, 2.75) is 37.0 Å². The van der Waals surface area contributed by atoms with E-state index in [9.17, 15) is 9.18 Å². The maximum atomic E-state index is 13.3. The SMILES string of the molecule is O=C(NCC1(c2ccc(F)cc2Cl)CC1)N1CCCC(c2ncc[nH]2)C1. The van der Waals surface area contributed by atoms with Crippen LogP contribution in [0.3, 0.4) is 0 Å². The Balaban J connectivity index is 1.38. The summed E-state index contributed by atoms with van der Waals surface area (Å²) in [7, 11) is 0. The van der Waals surface area contributed by atoms with Crippen LogP contribution in [0, 0.1) is 5.82 Å². The van der Waals surface area contributed by atoms with Crippen LogP contribution >= 0.6 is 11.6 Å². The Hall–Kier alpha value is -2.08. The van der Waals surface area contributed by atoms with E-state index >= 15 is 0 Å². The van der Waals surface area contributed by atoms with E-state index in [4.69, 9.17) is 11.6 Å². The number of rotatable bonds is 4. The molecule has 2 N–H and O–H groups in total. The molecule has 2 aromatic rings. The Morgan fingerprint density at radius 2 is 2.31 bits per heavy atom. The van der Waals surface area contributed by atoms with Gasteiger partial charge >= 0.3 is 6.03 Å². The van der Waals surface area contributed by atoms with Gasteiger partial charge in [-0.05, 0) is 43.4 Å². The van der Waals surface area contributed by atoms with Crippen molar-refractivity contribution in [3.63, 3.8) is 0 Å². The number of halogens is 2. The van der Waals surface area contributed by atoms with Gasteiger partial charge in [0.05, 0.1) is 0 Å². The van der Waals surface area contributed by atoms with E-state index in [1.807, 2.05) is 11.1 Å². The van der Waals surface area contributed by atoms with Crippen molar-refractivity contribution in [1.82, 2.24) is 20.2 Å². The molecule has 2 heterocycles. The average molecular weight is 377 g/mol. The molecular formula is C19H22ClFN4O. The second-order valence-electron chi connectivity index (χ2n) is 7.32. The number of H-pyrrole nitrogens is 1. The van der Waals surface area contributed by atoms with Crippen molar-refractivity contribution in [2.24, 2.45) is 0 Å². The van der Waals surface area contributed by atoms with E-state index in [-0.39, 0.29) is 23.2 Å². The maximum Gasteiger partial charge on any atom is 0.317 e. The van der Waals surface area contributed by atoms with Crippen molar-refractivity contribution in [1.29, 1.82) is 0 Å². The fourth-order valence-corrected chi connectivity index (χ4v) is 4.22. The zero-order chi connectivity index (χ0) is 18.1. The average Bonchev–Trinajstić information content (AvgIpc) is 3.21. The molecule has 2 aliphatic rings. The summed E-state index contributed by atoms with van der Waals surface area (Å²) >= 11 is 6.22. The summed E-state index contributed by atoms with van der Waals surface area (Å²) in [6.07, 6.45) is 7.47. The minimum atomic E-state index is -0.337. The van der Waals surface area contributed by atoms with E-state index in [2.05, 4.69) is 15.3 Å². The molecule has 2 amide bonds. The number of benzene rings is 1. The second kappa shape index (κ2) is 6.91. The first-order chi connectivity index (χ1) is 12.6. The summed E-state index contributed by atoms with van der Waals surface area (Å²) in [4.78, 5) is 22.0. The van der Waals surface area contributed by atoms with Gasteiger partial charge in [-0.15, -0.1) is 0 Å². The van der Waals surface area contributed by atoms with Gasteiger partial charge in [0, 0.05) is 48.4 Å². The minimum Gasteiger partial charge on any atom is -0.348 e. The number of nitrogens with zero attached hydrogens (tertiary/aromatic N) is 2. The number of hydrogen-bond donors (Lipinski definition) is 2. The van der Waals surface area contributed by atoms with Gasteiger partial charge in [-0.1, -0.05) is 17.7 Å². The molecule has 138 valence electrons. The van der Waals surface area contributed by atoms with Crippen LogP contribution in [0.5, 0.6) is 0 Å². The lowest BCUT2D eigenvalue weighted by Gasteiger charge is -2.32. The van der Waals surface area contributed by atoms with Crippen LogP contribution in [0.1, 0.15) is 43.0 Å². The van der Waals surface area contributed by atoms with Gasteiger partial charge in [-0.3, -0.25) is 0 Å². The third-order valence-electron chi connectivity index (χ3n) is 5.55. The molecule has 4 rings (SSSR count). The van der Waals surface area contributed by atoms with Crippen LogP contribution in [0.15, 0.2) is 30.6 Å². The molecule has 1 aliphatic heterocycles. The highest BCUT2D eigenvalue weighted by atomic mass is 35.5. The van der Waals surface area contributed by atoms with Crippen molar-refractivity contribution in [3.8, 4) is 0 Å². The number of urea groups is 1. The monoisotopic (exact) mass is 376 g/mol. The lowest BCUT2D eigenvalue weighted by molar-refractivity contribution is 0.177. The number of nitrogens with one attached hydrogen (secondary N) is 2. The zero-order valence-electron chi connectivity index (χ0n) is 14.5. The second-order valence-corrected chi connectivity index (χ2v) is 7.73. The molecule has 1 atom stereocenters. The molecular weight excluding hydrogens is 355 g/mol. The number of carbonyl (C=O) groups excluding carboxylic acids is 1. The van der Waals surface area contributed by atoms with Crippen molar-refractivity contribution in [3.05, 3.63) is 52.8 Å². The Labute approximate surface area is 156 Å². The van der Waals surface area contributed by atoms with Crippen molar-refractivity contribution < 1.29 is 9.18 Å². The zero-order valence-corrected chi connectivity index (χ0v) is 15.2. The van der Waals surface area contributed by atoms with Crippen LogP contribution in [-0.2, 0) is 5.41 Å². The number of aromatic amines is 1. The number of carbonyl (C=O) groups is 1. The van der Waals surface area contributed by atoms with Gasteiger partial charge in [-0.25, -0.2) is 14.2 Å². The quantitative estimate of drug-likeness (QED) is 0.852. The molecule has 1 aliphatic carbocycles. The molecule has 1 unspecified atom stereocenters. The first kappa shape index (κ1) is 17.3. The number of likely N-dealkylation sites (tertiary alicyclic amines) is 1. The van der Waals surface area contributed by atoms with E-state index in [0.29, 0.717) is 18.1 Å². The normalized spacial score (nSPS) is 21.5. The van der Waals surface area contributed by atoms with Gasteiger partial charge in [0.1, 0.15) is 11.6 Å². The Kier molecular flexibility index (Phi) is 4.61. The van der Waals surface area contributed by atoms with Crippen LogP contribution in [0.2, 0.25) is 5.02 Å². The molecule has 1 saturated carbocycles. The van der Waals surface area contributed by atoms with Crippen molar-refractivity contribution in [2.75, 3.05) is 19.6 Å². The highest BCUT2D eigenvalue weighted by Crippen LogP contribution is 2.50. The summed E-state index contributed by atoms with van der Waals surface area (Å²) in [5.74, 6) is 0.862. The van der Waals surface area contributed by atoms with E-state index in [0.717, 1.165) is 43.6 Å².